The standard InChI is InChI=1S/C15H19N3O3S/c19-14-3-1-2-4-15(14)22(20,21)18-8-5-13(6-9-18)11-17-10-7-16-12-17/h1-4,7,10,12-13,19H,5-6,8-9,11H2. The molecule has 0 aliphatic carbocycles. The van der Waals surface area contributed by atoms with Gasteiger partial charge in [-0.2, -0.15) is 4.31 Å². The quantitative estimate of drug-likeness (QED) is 0.930. The van der Waals surface area contributed by atoms with Crippen LogP contribution in [0, 0.1) is 5.92 Å². The smallest absolute Gasteiger partial charge is 0.246 e. The second kappa shape index (κ2) is 6.10. The molecule has 1 aromatic heterocycles. The van der Waals surface area contributed by atoms with Crippen molar-refractivity contribution in [1.82, 2.24) is 13.9 Å². The number of phenolic OH excluding ortho intramolecular Hbond substituents is 1. The van der Waals surface area contributed by atoms with Crippen LogP contribution in [0.4, 0.5) is 0 Å². The van der Waals surface area contributed by atoms with Gasteiger partial charge in [0.25, 0.3) is 0 Å². The maximum absolute atomic E-state index is 12.6. The third kappa shape index (κ3) is 3.00. The zero-order valence-corrected chi connectivity index (χ0v) is 13.0. The van der Waals surface area contributed by atoms with E-state index in [1.54, 1.807) is 24.7 Å². The molecule has 0 radical (unpaired) electrons. The Hall–Kier alpha value is -1.86. The highest BCUT2D eigenvalue weighted by atomic mass is 32.2. The zero-order valence-electron chi connectivity index (χ0n) is 12.2. The molecule has 0 saturated carbocycles. The van der Waals surface area contributed by atoms with Crippen molar-refractivity contribution in [3.05, 3.63) is 43.0 Å². The van der Waals surface area contributed by atoms with Crippen molar-refractivity contribution in [2.24, 2.45) is 5.92 Å². The Morgan fingerprint density at radius 1 is 1.23 bits per heavy atom. The molecule has 118 valence electrons. The van der Waals surface area contributed by atoms with Crippen LogP contribution in [0.3, 0.4) is 0 Å². The molecular formula is C15H19N3O3S. The molecule has 6 nitrogen and oxygen atoms in total. The summed E-state index contributed by atoms with van der Waals surface area (Å²) < 4.78 is 28.7. The Kier molecular flexibility index (Phi) is 4.17. The summed E-state index contributed by atoms with van der Waals surface area (Å²) >= 11 is 0. The maximum Gasteiger partial charge on any atom is 0.246 e. The number of phenols is 1. The fourth-order valence-electron chi connectivity index (χ4n) is 2.84. The first-order chi connectivity index (χ1) is 10.6. The predicted octanol–water partition coefficient (Wildman–Crippen LogP) is 1.69. The fourth-order valence-corrected chi connectivity index (χ4v) is 4.39. The van der Waals surface area contributed by atoms with E-state index in [4.69, 9.17) is 0 Å². The first-order valence-electron chi connectivity index (χ1n) is 7.31. The molecule has 3 rings (SSSR count). The van der Waals surface area contributed by atoms with Crippen LogP contribution in [-0.4, -0.2) is 40.5 Å². The van der Waals surface area contributed by atoms with E-state index in [1.165, 1.54) is 16.4 Å². The lowest BCUT2D eigenvalue weighted by molar-refractivity contribution is 0.252. The second-order valence-electron chi connectivity index (χ2n) is 5.57. The topological polar surface area (TPSA) is 75.4 Å². The van der Waals surface area contributed by atoms with Crippen molar-refractivity contribution in [3.63, 3.8) is 0 Å². The van der Waals surface area contributed by atoms with Crippen molar-refractivity contribution >= 4 is 10.0 Å². The minimum atomic E-state index is -3.61. The molecule has 0 bridgehead atoms. The van der Waals surface area contributed by atoms with Crippen molar-refractivity contribution in [2.45, 2.75) is 24.3 Å². The number of para-hydroxylation sites is 1. The summed E-state index contributed by atoms with van der Waals surface area (Å²) in [4.78, 5) is 4.01. The summed E-state index contributed by atoms with van der Waals surface area (Å²) in [6.07, 6.45) is 7.07. The molecule has 2 heterocycles. The van der Waals surface area contributed by atoms with E-state index in [9.17, 15) is 13.5 Å². The third-order valence-corrected chi connectivity index (χ3v) is 6.03. The number of piperidine rings is 1. The third-order valence-electron chi connectivity index (χ3n) is 4.08. The first-order valence-corrected chi connectivity index (χ1v) is 8.75. The lowest BCUT2D eigenvalue weighted by Crippen LogP contribution is -2.39. The van der Waals surface area contributed by atoms with E-state index in [-0.39, 0.29) is 10.6 Å². The van der Waals surface area contributed by atoms with E-state index in [0.717, 1.165) is 19.4 Å². The van der Waals surface area contributed by atoms with Gasteiger partial charge in [0, 0.05) is 32.0 Å². The van der Waals surface area contributed by atoms with Gasteiger partial charge < -0.3 is 9.67 Å². The van der Waals surface area contributed by atoms with Gasteiger partial charge in [-0.1, -0.05) is 12.1 Å². The summed E-state index contributed by atoms with van der Waals surface area (Å²) in [6, 6.07) is 6.09. The number of hydrogen-bond acceptors (Lipinski definition) is 4. The highest BCUT2D eigenvalue weighted by molar-refractivity contribution is 7.89. The van der Waals surface area contributed by atoms with Crippen LogP contribution in [0.5, 0.6) is 5.75 Å². The van der Waals surface area contributed by atoms with Crippen molar-refractivity contribution in [2.75, 3.05) is 13.1 Å². The summed E-state index contributed by atoms with van der Waals surface area (Å²) in [5, 5.41) is 9.78. The van der Waals surface area contributed by atoms with Gasteiger partial charge in [0.2, 0.25) is 10.0 Å². The van der Waals surface area contributed by atoms with Gasteiger partial charge in [0.15, 0.2) is 0 Å². The van der Waals surface area contributed by atoms with Crippen LogP contribution in [0.2, 0.25) is 0 Å². The van der Waals surface area contributed by atoms with E-state index >= 15 is 0 Å². The first kappa shape index (κ1) is 15.1. The Bertz CT molecular complexity index is 720. The molecule has 0 unspecified atom stereocenters. The summed E-state index contributed by atoms with van der Waals surface area (Å²) in [5.74, 6) is 0.257. The van der Waals surface area contributed by atoms with Crippen molar-refractivity contribution < 1.29 is 13.5 Å². The van der Waals surface area contributed by atoms with Gasteiger partial charge in [-0.15, -0.1) is 0 Å². The largest absolute Gasteiger partial charge is 0.507 e. The molecule has 0 spiro atoms. The van der Waals surface area contributed by atoms with Crippen LogP contribution >= 0.6 is 0 Å². The fraction of sp³-hybridized carbons (Fsp3) is 0.400. The number of aromatic nitrogens is 2. The Morgan fingerprint density at radius 2 is 1.95 bits per heavy atom. The lowest BCUT2D eigenvalue weighted by atomic mass is 9.98. The molecule has 0 atom stereocenters. The Labute approximate surface area is 130 Å². The Morgan fingerprint density at radius 3 is 2.59 bits per heavy atom. The normalized spacial score (nSPS) is 17.6. The maximum atomic E-state index is 12.6. The molecular weight excluding hydrogens is 302 g/mol. The minimum Gasteiger partial charge on any atom is -0.507 e. The van der Waals surface area contributed by atoms with Crippen LogP contribution in [0.15, 0.2) is 47.9 Å². The van der Waals surface area contributed by atoms with Gasteiger partial charge in [-0.3, -0.25) is 0 Å². The Balaban J connectivity index is 1.67. The summed E-state index contributed by atoms with van der Waals surface area (Å²) in [7, 11) is -3.61. The average Bonchev–Trinajstić information content (AvgIpc) is 3.01. The molecule has 1 saturated heterocycles. The highest BCUT2D eigenvalue weighted by Gasteiger charge is 2.30. The molecule has 0 amide bonds. The zero-order chi connectivity index (χ0) is 15.6. The number of aromatic hydroxyl groups is 1. The SMILES string of the molecule is O=S(=O)(c1ccccc1O)N1CCC(Cn2ccnc2)CC1. The van der Waals surface area contributed by atoms with Gasteiger partial charge in [0.05, 0.1) is 6.33 Å². The van der Waals surface area contributed by atoms with Gasteiger partial charge >= 0.3 is 0 Å². The number of sulfonamides is 1. The van der Waals surface area contributed by atoms with E-state index in [1.807, 2.05) is 10.8 Å². The van der Waals surface area contributed by atoms with E-state index < -0.39 is 10.0 Å². The number of hydrogen-bond donors (Lipinski definition) is 1. The number of benzene rings is 1. The van der Waals surface area contributed by atoms with Gasteiger partial charge in [-0.05, 0) is 30.9 Å². The van der Waals surface area contributed by atoms with Crippen LogP contribution in [0.1, 0.15) is 12.8 Å². The molecule has 1 aliphatic heterocycles. The molecule has 1 N–H and O–H groups in total. The average molecular weight is 321 g/mol. The molecule has 22 heavy (non-hydrogen) atoms. The summed E-state index contributed by atoms with van der Waals surface area (Å²) in [5.41, 5.74) is 0. The monoisotopic (exact) mass is 321 g/mol. The second-order valence-corrected chi connectivity index (χ2v) is 7.48. The van der Waals surface area contributed by atoms with E-state index in [0.29, 0.717) is 19.0 Å². The van der Waals surface area contributed by atoms with Crippen molar-refractivity contribution in [1.29, 1.82) is 0 Å². The van der Waals surface area contributed by atoms with Gasteiger partial charge in [0.1, 0.15) is 10.6 Å². The van der Waals surface area contributed by atoms with Crippen LogP contribution < -0.4 is 0 Å². The van der Waals surface area contributed by atoms with Crippen molar-refractivity contribution in [3.8, 4) is 5.75 Å². The number of rotatable bonds is 4. The highest BCUT2D eigenvalue weighted by Crippen LogP contribution is 2.29. The molecule has 1 aromatic carbocycles. The summed E-state index contributed by atoms with van der Waals surface area (Å²) in [6.45, 7) is 1.83. The molecule has 1 fully saturated rings. The lowest BCUT2D eigenvalue weighted by Gasteiger charge is -2.31. The molecule has 1 aliphatic rings. The van der Waals surface area contributed by atoms with Crippen LogP contribution in [-0.2, 0) is 16.6 Å². The molecule has 7 heteroatoms. The number of imidazole rings is 1. The number of nitrogens with zero attached hydrogens (tertiary/aromatic N) is 3. The van der Waals surface area contributed by atoms with Gasteiger partial charge in [-0.25, -0.2) is 13.4 Å². The van der Waals surface area contributed by atoms with Crippen LogP contribution in [0.25, 0.3) is 0 Å². The minimum absolute atomic E-state index is 0.0111. The molecule has 2 aromatic rings. The predicted molar refractivity (Wildman–Crippen MR) is 81.8 cm³/mol. The van der Waals surface area contributed by atoms with E-state index in [2.05, 4.69) is 4.98 Å².